The lowest BCUT2D eigenvalue weighted by Crippen LogP contribution is -2.11. The first-order valence-electron chi connectivity index (χ1n) is 5.42. The largest absolute Gasteiger partial charge is 0.323 e. The zero-order valence-electron chi connectivity index (χ0n) is 9.39. The molecular formula is C13H17ClN2. The van der Waals surface area contributed by atoms with Crippen LogP contribution in [0.25, 0.3) is 10.9 Å². The van der Waals surface area contributed by atoms with Crippen molar-refractivity contribution in [1.29, 1.82) is 0 Å². The minimum atomic E-state index is 0. The van der Waals surface area contributed by atoms with E-state index in [2.05, 4.69) is 24.0 Å². The Balaban J connectivity index is 0.00000128. The number of para-hydroxylation sites is 1. The van der Waals surface area contributed by atoms with Gasteiger partial charge in [-0.05, 0) is 18.6 Å². The van der Waals surface area contributed by atoms with Crippen molar-refractivity contribution in [2.24, 2.45) is 5.73 Å². The lowest BCUT2D eigenvalue weighted by atomic mass is 10.1. The molecule has 2 aromatic rings. The van der Waals surface area contributed by atoms with Crippen molar-refractivity contribution in [3.8, 4) is 0 Å². The fourth-order valence-corrected chi connectivity index (χ4v) is 1.75. The van der Waals surface area contributed by atoms with Gasteiger partial charge in [0.25, 0.3) is 0 Å². The van der Waals surface area contributed by atoms with Gasteiger partial charge in [0.2, 0.25) is 0 Å². The topological polar surface area (TPSA) is 38.9 Å². The summed E-state index contributed by atoms with van der Waals surface area (Å²) in [5, 5.41) is 1.17. The Hall–Kier alpha value is -1.12. The molecule has 0 radical (unpaired) electrons. The number of pyridine rings is 1. The molecule has 2 nitrogen and oxygen atoms in total. The van der Waals surface area contributed by atoms with Crippen LogP contribution < -0.4 is 5.73 Å². The monoisotopic (exact) mass is 236 g/mol. The van der Waals surface area contributed by atoms with E-state index in [9.17, 15) is 0 Å². The van der Waals surface area contributed by atoms with E-state index in [-0.39, 0.29) is 18.4 Å². The molecule has 2 N–H and O–H groups in total. The normalized spacial score (nSPS) is 12.1. The molecule has 1 atom stereocenters. The van der Waals surface area contributed by atoms with Gasteiger partial charge in [-0.2, -0.15) is 0 Å². The Kier molecular flexibility index (Phi) is 4.71. The molecule has 1 aromatic heterocycles. The lowest BCUT2D eigenvalue weighted by molar-refractivity contribution is 0.624. The van der Waals surface area contributed by atoms with Crippen LogP contribution in [0.2, 0.25) is 0 Å². The van der Waals surface area contributed by atoms with Gasteiger partial charge < -0.3 is 5.73 Å². The minimum absolute atomic E-state index is 0. The van der Waals surface area contributed by atoms with Crippen LogP contribution in [0.4, 0.5) is 0 Å². The highest BCUT2D eigenvalue weighted by atomic mass is 35.5. The summed E-state index contributed by atoms with van der Waals surface area (Å²) in [6.07, 6.45) is 2.08. The third-order valence-corrected chi connectivity index (χ3v) is 2.60. The van der Waals surface area contributed by atoms with Gasteiger partial charge in [-0.3, -0.25) is 4.98 Å². The summed E-state index contributed by atoms with van der Waals surface area (Å²) >= 11 is 0. The summed E-state index contributed by atoms with van der Waals surface area (Å²) in [6, 6.07) is 12.3. The summed E-state index contributed by atoms with van der Waals surface area (Å²) in [7, 11) is 0. The standard InChI is InChI=1S/C13H16N2.ClH/c1-2-5-11(14)13-9-8-10-6-3-4-7-12(10)15-13;/h3-4,6-9,11H,2,5,14H2,1H3;1H/t11-;/m1./s1. The van der Waals surface area contributed by atoms with Crippen molar-refractivity contribution in [3.63, 3.8) is 0 Å². The molecule has 0 aliphatic carbocycles. The minimum Gasteiger partial charge on any atom is -0.323 e. The average molecular weight is 237 g/mol. The lowest BCUT2D eigenvalue weighted by Gasteiger charge is -2.10. The molecular weight excluding hydrogens is 220 g/mol. The number of halogens is 1. The van der Waals surface area contributed by atoms with Gasteiger partial charge in [0, 0.05) is 11.4 Å². The zero-order valence-corrected chi connectivity index (χ0v) is 10.2. The van der Waals surface area contributed by atoms with E-state index in [0.717, 1.165) is 24.1 Å². The summed E-state index contributed by atoms with van der Waals surface area (Å²) in [6.45, 7) is 2.14. The van der Waals surface area contributed by atoms with Crippen molar-refractivity contribution in [2.45, 2.75) is 25.8 Å². The molecule has 2 rings (SSSR count). The number of aromatic nitrogens is 1. The Labute approximate surface area is 102 Å². The molecule has 86 valence electrons. The second-order valence-electron chi connectivity index (χ2n) is 3.82. The second-order valence-corrected chi connectivity index (χ2v) is 3.82. The SMILES string of the molecule is CCC[C@@H](N)c1ccc2ccccc2n1.Cl. The first-order valence-corrected chi connectivity index (χ1v) is 5.42. The van der Waals surface area contributed by atoms with Crippen LogP contribution in [0.15, 0.2) is 36.4 Å². The molecule has 0 spiro atoms. The van der Waals surface area contributed by atoms with Crippen molar-refractivity contribution >= 4 is 23.3 Å². The highest BCUT2D eigenvalue weighted by molar-refractivity contribution is 5.85. The number of hydrogen-bond donors (Lipinski definition) is 1. The van der Waals surface area contributed by atoms with E-state index in [1.807, 2.05) is 24.3 Å². The zero-order chi connectivity index (χ0) is 10.7. The van der Waals surface area contributed by atoms with Gasteiger partial charge in [-0.25, -0.2) is 0 Å². The summed E-state index contributed by atoms with van der Waals surface area (Å²) in [5.41, 5.74) is 8.06. The van der Waals surface area contributed by atoms with Crippen molar-refractivity contribution in [3.05, 3.63) is 42.1 Å². The summed E-state index contributed by atoms with van der Waals surface area (Å²) < 4.78 is 0. The number of benzene rings is 1. The first kappa shape index (κ1) is 12.9. The fourth-order valence-electron chi connectivity index (χ4n) is 1.75. The molecule has 0 saturated heterocycles. The van der Waals surface area contributed by atoms with E-state index in [4.69, 9.17) is 5.73 Å². The van der Waals surface area contributed by atoms with Gasteiger partial charge in [-0.1, -0.05) is 37.6 Å². The maximum absolute atomic E-state index is 6.03. The van der Waals surface area contributed by atoms with Crippen LogP contribution in [0.5, 0.6) is 0 Å². The van der Waals surface area contributed by atoms with Crippen molar-refractivity contribution in [1.82, 2.24) is 4.98 Å². The second kappa shape index (κ2) is 5.83. The third-order valence-electron chi connectivity index (χ3n) is 2.60. The molecule has 3 heteroatoms. The number of rotatable bonds is 3. The van der Waals surface area contributed by atoms with Crippen LogP contribution in [0.1, 0.15) is 31.5 Å². The Morgan fingerprint density at radius 3 is 2.69 bits per heavy atom. The molecule has 0 aliphatic heterocycles. The number of fused-ring (bicyclic) bond motifs is 1. The first-order chi connectivity index (χ1) is 7.31. The van der Waals surface area contributed by atoms with Gasteiger partial charge in [0.05, 0.1) is 11.2 Å². The predicted molar refractivity (Wildman–Crippen MR) is 70.8 cm³/mol. The number of nitrogens with two attached hydrogens (primary N) is 1. The van der Waals surface area contributed by atoms with E-state index < -0.39 is 0 Å². The van der Waals surface area contributed by atoms with Crippen LogP contribution in [0, 0.1) is 0 Å². The van der Waals surface area contributed by atoms with Gasteiger partial charge in [0.15, 0.2) is 0 Å². The third kappa shape index (κ3) is 2.71. The molecule has 0 amide bonds. The van der Waals surface area contributed by atoms with Crippen LogP contribution in [0.3, 0.4) is 0 Å². The maximum atomic E-state index is 6.03. The number of hydrogen-bond acceptors (Lipinski definition) is 2. The Bertz CT molecular complexity index is 456. The van der Waals surface area contributed by atoms with E-state index in [0.29, 0.717) is 0 Å². The van der Waals surface area contributed by atoms with Crippen LogP contribution >= 0.6 is 12.4 Å². The average Bonchev–Trinajstić information content (AvgIpc) is 2.29. The molecule has 1 aromatic carbocycles. The van der Waals surface area contributed by atoms with Crippen LogP contribution in [-0.2, 0) is 0 Å². The molecule has 0 saturated carbocycles. The highest BCUT2D eigenvalue weighted by Gasteiger charge is 2.06. The van der Waals surface area contributed by atoms with Gasteiger partial charge in [-0.15, -0.1) is 12.4 Å². The number of nitrogens with zero attached hydrogens (tertiary/aromatic N) is 1. The molecule has 0 fully saturated rings. The molecule has 0 unspecified atom stereocenters. The van der Waals surface area contributed by atoms with E-state index in [1.165, 1.54) is 5.39 Å². The van der Waals surface area contributed by atoms with Gasteiger partial charge in [0.1, 0.15) is 0 Å². The summed E-state index contributed by atoms with van der Waals surface area (Å²) in [4.78, 5) is 4.57. The predicted octanol–water partition coefficient (Wildman–Crippen LogP) is 3.46. The Morgan fingerprint density at radius 2 is 1.94 bits per heavy atom. The molecule has 16 heavy (non-hydrogen) atoms. The van der Waals surface area contributed by atoms with Crippen molar-refractivity contribution in [2.75, 3.05) is 0 Å². The van der Waals surface area contributed by atoms with E-state index >= 15 is 0 Å². The van der Waals surface area contributed by atoms with Crippen LogP contribution in [-0.4, -0.2) is 4.98 Å². The fraction of sp³-hybridized carbons (Fsp3) is 0.308. The van der Waals surface area contributed by atoms with E-state index in [1.54, 1.807) is 0 Å². The molecule has 0 aliphatic rings. The maximum Gasteiger partial charge on any atom is 0.0706 e. The van der Waals surface area contributed by atoms with Crippen molar-refractivity contribution < 1.29 is 0 Å². The smallest absolute Gasteiger partial charge is 0.0706 e. The molecule has 1 heterocycles. The van der Waals surface area contributed by atoms with Gasteiger partial charge >= 0.3 is 0 Å². The summed E-state index contributed by atoms with van der Waals surface area (Å²) in [5.74, 6) is 0. The Morgan fingerprint density at radius 1 is 1.19 bits per heavy atom. The highest BCUT2D eigenvalue weighted by Crippen LogP contribution is 2.17. The molecule has 0 bridgehead atoms. The quantitative estimate of drug-likeness (QED) is 0.887.